The van der Waals surface area contributed by atoms with Gasteiger partial charge in [0.25, 0.3) is 0 Å². The van der Waals surface area contributed by atoms with Gasteiger partial charge in [-0.3, -0.25) is 0 Å². The van der Waals surface area contributed by atoms with E-state index in [1.165, 1.54) is 0 Å². The van der Waals surface area contributed by atoms with Crippen molar-refractivity contribution in [3.8, 4) is 11.5 Å². The Morgan fingerprint density at radius 1 is 1.38 bits per heavy atom. The van der Waals surface area contributed by atoms with Crippen LogP contribution in [0, 0.1) is 6.92 Å². The summed E-state index contributed by atoms with van der Waals surface area (Å²) >= 11 is 0. The van der Waals surface area contributed by atoms with Gasteiger partial charge < -0.3 is 10.2 Å². The molecule has 1 aromatic heterocycles. The number of anilines is 1. The number of hydrogen-bond acceptors (Lipinski definition) is 3. The summed E-state index contributed by atoms with van der Waals surface area (Å²) in [5.74, 6) is 0.616. The standard InChI is InChI=1S/C10H10N2O/c1-7-8(3-2-4-9(7)11)10-12-5-6-13-10/h2-6H,11H2,1H3. The van der Waals surface area contributed by atoms with Crippen molar-refractivity contribution in [2.75, 3.05) is 5.73 Å². The average molecular weight is 174 g/mol. The topological polar surface area (TPSA) is 52.0 Å². The summed E-state index contributed by atoms with van der Waals surface area (Å²) in [6.45, 7) is 1.95. The molecule has 0 bridgehead atoms. The van der Waals surface area contributed by atoms with Crippen molar-refractivity contribution < 1.29 is 4.42 Å². The maximum atomic E-state index is 5.76. The SMILES string of the molecule is Cc1c(N)cccc1-c1ncco1. The third kappa shape index (κ3) is 1.28. The Kier molecular flexibility index (Phi) is 1.77. The van der Waals surface area contributed by atoms with Crippen LogP contribution in [0.1, 0.15) is 5.56 Å². The van der Waals surface area contributed by atoms with Gasteiger partial charge in [0.1, 0.15) is 6.26 Å². The van der Waals surface area contributed by atoms with Crippen LogP contribution in [0.3, 0.4) is 0 Å². The van der Waals surface area contributed by atoms with E-state index in [-0.39, 0.29) is 0 Å². The van der Waals surface area contributed by atoms with Crippen LogP contribution in [0.25, 0.3) is 11.5 Å². The molecule has 0 saturated carbocycles. The predicted molar refractivity (Wildman–Crippen MR) is 51.1 cm³/mol. The molecule has 2 rings (SSSR count). The van der Waals surface area contributed by atoms with Crippen molar-refractivity contribution in [2.45, 2.75) is 6.92 Å². The highest BCUT2D eigenvalue weighted by Gasteiger charge is 2.06. The van der Waals surface area contributed by atoms with Crippen LogP contribution in [-0.4, -0.2) is 4.98 Å². The molecule has 1 heterocycles. The third-order valence-corrected chi connectivity index (χ3v) is 2.04. The Morgan fingerprint density at radius 3 is 2.92 bits per heavy atom. The Balaban J connectivity index is 2.59. The van der Waals surface area contributed by atoms with Crippen LogP contribution < -0.4 is 5.73 Å². The predicted octanol–water partition coefficient (Wildman–Crippen LogP) is 2.23. The summed E-state index contributed by atoms with van der Waals surface area (Å²) in [5, 5.41) is 0. The van der Waals surface area contributed by atoms with E-state index in [1.54, 1.807) is 12.5 Å². The summed E-state index contributed by atoms with van der Waals surface area (Å²) in [5.41, 5.74) is 8.47. The van der Waals surface area contributed by atoms with E-state index in [0.29, 0.717) is 5.89 Å². The van der Waals surface area contributed by atoms with E-state index in [2.05, 4.69) is 4.98 Å². The van der Waals surface area contributed by atoms with Gasteiger partial charge in [-0.15, -0.1) is 0 Å². The molecule has 0 spiro atoms. The first-order valence-electron chi connectivity index (χ1n) is 4.04. The Labute approximate surface area is 76.2 Å². The Bertz CT molecular complexity index is 407. The zero-order valence-corrected chi connectivity index (χ0v) is 7.32. The lowest BCUT2D eigenvalue weighted by atomic mass is 10.1. The monoisotopic (exact) mass is 174 g/mol. The van der Waals surface area contributed by atoms with E-state index < -0.39 is 0 Å². The maximum absolute atomic E-state index is 5.76. The molecule has 0 aliphatic carbocycles. The minimum atomic E-state index is 0.616. The number of hydrogen-bond donors (Lipinski definition) is 1. The number of aromatic nitrogens is 1. The molecule has 0 radical (unpaired) electrons. The fourth-order valence-corrected chi connectivity index (χ4v) is 1.24. The van der Waals surface area contributed by atoms with Crippen LogP contribution in [0.15, 0.2) is 35.1 Å². The molecular weight excluding hydrogens is 164 g/mol. The summed E-state index contributed by atoms with van der Waals surface area (Å²) in [4.78, 5) is 4.07. The third-order valence-electron chi connectivity index (χ3n) is 2.04. The minimum Gasteiger partial charge on any atom is -0.445 e. The number of nitrogens with two attached hydrogens (primary N) is 1. The molecule has 3 nitrogen and oxygen atoms in total. The Morgan fingerprint density at radius 2 is 2.23 bits per heavy atom. The van der Waals surface area contributed by atoms with Crippen molar-refractivity contribution in [1.29, 1.82) is 0 Å². The fraction of sp³-hybridized carbons (Fsp3) is 0.100. The van der Waals surface area contributed by atoms with Crippen molar-refractivity contribution in [1.82, 2.24) is 4.98 Å². The fourth-order valence-electron chi connectivity index (χ4n) is 1.24. The van der Waals surface area contributed by atoms with E-state index >= 15 is 0 Å². The van der Waals surface area contributed by atoms with Gasteiger partial charge in [0.15, 0.2) is 0 Å². The molecule has 0 amide bonds. The molecule has 0 aliphatic heterocycles. The van der Waals surface area contributed by atoms with Gasteiger partial charge in [-0.05, 0) is 24.6 Å². The number of oxazole rings is 1. The highest BCUT2D eigenvalue weighted by molar-refractivity contribution is 5.66. The number of nitrogens with zero attached hydrogens (tertiary/aromatic N) is 1. The highest BCUT2D eigenvalue weighted by Crippen LogP contribution is 2.24. The van der Waals surface area contributed by atoms with Gasteiger partial charge in [-0.1, -0.05) is 6.07 Å². The lowest BCUT2D eigenvalue weighted by molar-refractivity contribution is 0.574. The normalized spacial score (nSPS) is 10.2. The molecule has 13 heavy (non-hydrogen) atoms. The quantitative estimate of drug-likeness (QED) is 0.674. The summed E-state index contributed by atoms with van der Waals surface area (Å²) < 4.78 is 5.19. The van der Waals surface area contributed by atoms with Gasteiger partial charge in [-0.25, -0.2) is 4.98 Å². The number of rotatable bonds is 1. The largest absolute Gasteiger partial charge is 0.445 e. The summed E-state index contributed by atoms with van der Waals surface area (Å²) in [6, 6.07) is 5.70. The first kappa shape index (κ1) is 7.86. The zero-order valence-electron chi connectivity index (χ0n) is 7.32. The van der Waals surface area contributed by atoms with Crippen molar-refractivity contribution >= 4 is 5.69 Å². The van der Waals surface area contributed by atoms with E-state index in [9.17, 15) is 0 Å². The highest BCUT2D eigenvalue weighted by atomic mass is 16.3. The number of nitrogen functional groups attached to an aromatic ring is 1. The molecular formula is C10H10N2O. The lowest BCUT2D eigenvalue weighted by Gasteiger charge is -2.03. The second-order valence-electron chi connectivity index (χ2n) is 2.86. The second kappa shape index (κ2) is 2.94. The zero-order chi connectivity index (χ0) is 9.26. The number of benzene rings is 1. The second-order valence-corrected chi connectivity index (χ2v) is 2.86. The molecule has 0 unspecified atom stereocenters. The van der Waals surface area contributed by atoms with Crippen molar-refractivity contribution in [3.63, 3.8) is 0 Å². The molecule has 2 aromatic rings. The lowest BCUT2D eigenvalue weighted by Crippen LogP contribution is -1.91. The Hall–Kier alpha value is -1.77. The van der Waals surface area contributed by atoms with Gasteiger partial charge in [-0.2, -0.15) is 0 Å². The van der Waals surface area contributed by atoms with Gasteiger partial charge in [0.05, 0.1) is 6.20 Å². The first-order valence-corrected chi connectivity index (χ1v) is 4.04. The summed E-state index contributed by atoms with van der Waals surface area (Å²) in [7, 11) is 0. The average Bonchev–Trinajstić information content (AvgIpc) is 2.62. The maximum Gasteiger partial charge on any atom is 0.226 e. The molecule has 0 aliphatic rings. The van der Waals surface area contributed by atoms with Crippen molar-refractivity contribution in [3.05, 3.63) is 36.2 Å². The van der Waals surface area contributed by atoms with Gasteiger partial charge in [0.2, 0.25) is 5.89 Å². The van der Waals surface area contributed by atoms with Crippen molar-refractivity contribution in [2.24, 2.45) is 0 Å². The molecule has 1 aromatic carbocycles. The van der Waals surface area contributed by atoms with Crippen LogP contribution in [0.4, 0.5) is 5.69 Å². The van der Waals surface area contributed by atoms with E-state index in [4.69, 9.17) is 10.2 Å². The molecule has 0 saturated heterocycles. The van der Waals surface area contributed by atoms with Gasteiger partial charge >= 0.3 is 0 Å². The van der Waals surface area contributed by atoms with Crippen LogP contribution in [0.5, 0.6) is 0 Å². The molecule has 66 valence electrons. The van der Waals surface area contributed by atoms with Crippen LogP contribution in [-0.2, 0) is 0 Å². The van der Waals surface area contributed by atoms with Crippen LogP contribution in [0.2, 0.25) is 0 Å². The molecule has 0 atom stereocenters. The van der Waals surface area contributed by atoms with Crippen LogP contribution >= 0.6 is 0 Å². The van der Waals surface area contributed by atoms with Gasteiger partial charge in [0, 0.05) is 11.3 Å². The minimum absolute atomic E-state index is 0.616. The molecule has 0 fully saturated rings. The first-order chi connectivity index (χ1) is 6.29. The molecule has 2 N–H and O–H groups in total. The van der Waals surface area contributed by atoms with E-state index in [1.807, 2.05) is 25.1 Å². The molecule has 3 heteroatoms. The van der Waals surface area contributed by atoms with E-state index in [0.717, 1.165) is 16.8 Å². The smallest absolute Gasteiger partial charge is 0.226 e. The summed E-state index contributed by atoms with van der Waals surface area (Å²) in [6.07, 6.45) is 3.18.